The largest absolute Gasteiger partial charge is 0.383 e. The minimum Gasteiger partial charge on any atom is -0.383 e. The predicted molar refractivity (Wildman–Crippen MR) is 65.1 cm³/mol. The van der Waals surface area contributed by atoms with Gasteiger partial charge in [-0.25, -0.2) is 8.78 Å². The molecule has 1 fully saturated rings. The van der Waals surface area contributed by atoms with Gasteiger partial charge < -0.3 is 10.6 Å². The molecule has 17 heavy (non-hydrogen) atoms. The highest BCUT2D eigenvalue weighted by molar-refractivity contribution is 5.44. The second kappa shape index (κ2) is 5.96. The lowest BCUT2D eigenvalue weighted by atomic mass is 9.95. The van der Waals surface area contributed by atoms with Gasteiger partial charge in [0.05, 0.1) is 5.69 Å². The quantitative estimate of drug-likeness (QED) is 0.845. The maximum Gasteiger partial charge on any atom is 0.149 e. The van der Waals surface area contributed by atoms with Crippen LogP contribution in [0, 0.1) is 17.6 Å². The molecule has 0 aliphatic carbocycles. The van der Waals surface area contributed by atoms with Crippen molar-refractivity contribution in [3.05, 3.63) is 29.8 Å². The lowest BCUT2D eigenvalue weighted by molar-refractivity contribution is 0.361. The molecule has 1 aromatic rings. The smallest absolute Gasteiger partial charge is 0.149 e. The Bertz CT molecular complexity index is 362. The zero-order valence-corrected chi connectivity index (χ0v) is 9.81. The molecule has 1 heterocycles. The molecular formula is C13H18F2N2. The van der Waals surface area contributed by atoms with Crippen LogP contribution in [0.3, 0.4) is 0 Å². The van der Waals surface area contributed by atoms with Gasteiger partial charge in [0.1, 0.15) is 11.6 Å². The van der Waals surface area contributed by atoms with Crippen LogP contribution in [-0.4, -0.2) is 19.6 Å². The molecule has 0 saturated carbocycles. The highest BCUT2D eigenvalue weighted by atomic mass is 19.1. The van der Waals surface area contributed by atoms with Crippen molar-refractivity contribution in [2.24, 2.45) is 5.92 Å². The van der Waals surface area contributed by atoms with E-state index in [1.54, 1.807) is 0 Å². The summed E-state index contributed by atoms with van der Waals surface area (Å²) in [4.78, 5) is 0. The van der Waals surface area contributed by atoms with E-state index in [2.05, 4.69) is 10.6 Å². The van der Waals surface area contributed by atoms with E-state index in [-0.39, 0.29) is 0 Å². The molecule has 0 bridgehead atoms. The van der Waals surface area contributed by atoms with Crippen LogP contribution in [0.2, 0.25) is 0 Å². The number of hydrogen-bond donors (Lipinski definition) is 2. The fourth-order valence-corrected chi connectivity index (χ4v) is 2.21. The van der Waals surface area contributed by atoms with E-state index >= 15 is 0 Å². The predicted octanol–water partition coefficient (Wildman–Crippen LogP) is 2.77. The van der Waals surface area contributed by atoms with Crippen LogP contribution < -0.4 is 10.6 Å². The van der Waals surface area contributed by atoms with Crippen LogP contribution >= 0.6 is 0 Å². The van der Waals surface area contributed by atoms with Crippen molar-refractivity contribution < 1.29 is 8.78 Å². The van der Waals surface area contributed by atoms with E-state index in [4.69, 9.17) is 0 Å². The first-order chi connectivity index (χ1) is 8.25. The first kappa shape index (κ1) is 12.3. The molecule has 2 N–H and O–H groups in total. The number of piperidine rings is 1. The average molecular weight is 240 g/mol. The Hall–Kier alpha value is -1.16. The molecule has 1 aliphatic rings. The molecule has 2 nitrogen and oxygen atoms in total. The Labute approximate surface area is 100 Å². The van der Waals surface area contributed by atoms with Crippen molar-refractivity contribution in [2.75, 3.05) is 25.0 Å². The summed E-state index contributed by atoms with van der Waals surface area (Å²) in [5.41, 5.74) is 0.389. The van der Waals surface area contributed by atoms with Gasteiger partial charge in [-0.3, -0.25) is 0 Å². The first-order valence-electron chi connectivity index (χ1n) is 6.15. The first-order valence-corrected chi connectivity index (χ1v) is 6.15. The topological polar surface area (TPSA) is 24.1 Å². The number of benzene rings is 1. The Morgan fingerprint density at radius 3 is 2.71 bits per heavy atom. The van der Waals surface area contributed by atoms with Crippen LogP contribution in [0.1, 0.15) is 19.3 Å². The van der Waals surface area contributed by atoms with E-state index in [1.807, 2.05) is 0 Å². The van der Waals surface area contributed by atoms with Gasteiger partial charge in [-0.2, -0.15) is 0 Å². The SMILES string of the molecule is Fc1ccc(NCCC2CCNCC2)c(F)c1. The molecule has 0 unspecified atom stereocenters. The lowest BCUT2D eigenvalue weighted by Crippen LogP contribution is -2.28. The molecule has 0 aromatic heterocycles. The summed E-state index contributed by atoms with van der Waals surface area (Å²) >= 11 is 0. The minimum atomic E-state index is -0.536. The van der Waals surface area contributed by atoms with Gasteiger partial charge in [0.25, 0.3) is 0 Å². The summed E-state index contributed by atoms with van der Waals surface area (Å²) in [5, 5.41) is 6.34. The van der Waals surface area contributed by atoms with Crippen molar-refractivity contribution in [3.8, 4) is 0 Å². The number of rotatable bonds is 4. The molecule has 1 saturated heterocycles. The molecular weight excluding hydrogens is 222 g/mol. The molecule has 0 atom stereocenters. The van der Waals surface area contributed by atoms with E-state index in [1.165, 1.54) is 25.0 Å². The molecule has 0 radical (unpaired) electrons. The van der Waals surface area contributed by atoms with Gasteiger partial charge in [-0.15, -0.1) is 0 Å². The lowest BCUT2D eigenvalue weighted by Gasteiger charge is -2.22. The summed E-state index contributed by atoms with van der Waals surface area (Å²) in [7, 11) is 0. The fraction of sp³-hybridized carbons (Fsp3) is 0.538. The van der Waals surface area contributed by atoms with Gasteiger partial charge in [0, 0.05) is 12.6 Å². The Morgan fingerprint density at radius 1 is 1.24 bits per heavy atom. The monoisotopic (exact) mass is 240 g/mol. The van der Waals surface area contributed by atoms with Crippen LogP contribution in [0.4, 0.5) is 14.5 Å². The normalized spacial score (nSPS) is 17.1. The third-order valence-corrected chi connectivity index (χ3v) is 3.26. The standard InChI is InChI=1S/C13H18F2N2/c14-11-1-2-13(12(15)9-11)17-8-5-10-3-6-16-7-4-10/h1-2,9-10,16-17H,3-8H2. The highest BCUT2D eigenvalue weighted by Crippen LogP contribution is 2.18. The Kier molecular flexibility index (Phi) is 4.31. The summed E-state index contributed by atoms with van der Waals surface area (Å²) in [6.07, 6.45) is 3.42. The molecule has 0 amide bonds. The number of halogens is 2. The Morgan fingerprint density at radius 2 is 2.00 bits per heavy atom. The van der Waals surface area contributed by atoms with Crippen LogP contribution in [0.25, 0.3) is 0 Å². The fourth-order valence-electron chi connectivity index (χ4n) is 2.21. The third kappa shape index (κ3) is 3.66. The van der Waals surface area contributed by atoms with Gasteiger partial charge in [-0.1, -0.05) is 0 Å². The zero-order valence-electron chi connectivity index (χ0n) is 9.81. The van der Waals surface area contributed by atoms with E-state index in [0.717, 1.165) is 32.1 Å². The van der Waals surface area contributed by atoms with E-state index in [0.29, 0.717) is 11.6 Å². The third-order valence-electron chi connectivity index (χ3n) is 3.26. The average Bonchev–Trinajstić information content (AvgIpc) is 2.33. The number of anilines is 1. The van der Waals surface area contributed by atoms with E-state index < -0.39 is 11.6 Å². The molecule has 94 valence electrons. The second-order valence-electron chi connectivity index (χ2n) is 4.53. The maximum absolute atomic E-state index is 13.3. The summed E-state index contributed by atoms with van der Waals surface area (Å²) in [5.74, 6) is -0.339. The van der Waals surface area contributed by atoms with Crippen molar-refractivity contribution >= 4 is 5.69 Å². The summed E-state index contributed by atoms with van der Waals surface area (Å²) < 4.78 is 26.0. The molecule has 1 aliphatic heterocycles. The number of hydrogen-bond acceptors (Lipinski definition) is 2. The second-order valence-corrected chi connectivity index (χ2v) is 4.53. The van der Waals surface area contributed by atoms with Crippen molar-refractivity contribution in [1.29, 1.82) is 0 Å². The van der Waals surface area contributed by atoms with Crippen LogP contribution in [-0.2, 0) is 0 Å². The van der Waals surface area contributed by atoms with E-state index in [9.17, 15) is 8.78 Å². The highest BCUT2D eigenvalue weighted by Gasteiger charge is 2.12. The zero-order chi connectivity index (χ0) is 12.1. The molecule has 2 rings (SSSR count). The minimum absolute atomic E-state index is 0.389. The van der Waals surface area contributed by atoms with Crippen molar-refractivity contribution in [1.82, 2.24) is 5.32 Å². The summed E-state index contributed by atoms with van der Waals surface area (Å²) in [6.45, 7) is 2.90. The van der Waals surface area contributed by atoms with Crippen LogP contribution in [0.5, 0.6) is 0 Å². The van der Waals surface area contributed by atoms with Gasteiger partial charge >= 0.3 is 0 Å². The van der Waals surface area contributed by atoms with Crippen molar-refractivity contribution in [3.63, 3.8) is 0 Å². The Balaban J connectivity index is 1.77. The van der Waals surface area contributed by atoms with Gasteiger partial charge in [-0.05, 0) is 50.4 Å². The maximum atomic E-state index is 13.3. The number of nitrogens with one attached hydrogen (secondary N) is 2. The molecule has 4 heteroatoms. The van der Waals surface area contributed by atoms with Crippen LogP contribution in [0.15, 0.2) is 18.2 Å². The van der Waals surface area contributed by atoms with Gasteiger partial charge in [0.15, 0.2) is 0 Å². The summed E-state index contributed by atoms with van der Waals surface area (Å²) in [6, 6.07) is 3.63. The van der Waals surface area contributed by atoms with Crippen molar-refractivity contribution in [2.45, 2.75) is 19.3 Å². The van der Waals surface area contributed by atoms with Gasteiger partial charge in [0.2, 0.25) is 0 Å². The molecule has 1 aromatic carbocycles. The molecule has 0 spiro atoms.